The van der Waals surface area contributed by atoms with Crippen LogP contribution in [0.25, 0.3) is 10.9 Å². The first-order valence-corrected chi connectivity index (χ1v) is 6.27. The number of para-hydroxylation sites is 1. The Kier molecular flexibility index (Phi) is 2.67. The van der Waals surface area contributed by atoms with Crippen LogP contribution >= 0.6 is 0 Å². The number of nitrogens with zero attached hydrogens (tertiary/aromatic N) is 1. The lowest BCUT2D eigenvalue weighted by atomic mass is 10.1. The normalized spacial score (nSPS) is 15.8. The minimum absolute atomic E-state index is 0.121. The number of aromatic nitrogens is 1. The summed E-state index contributed by atoms with van der Waals surface area (Å²) in [6, 6.07) is 7.92. The molecule has 18 heavy (non-hydrogen) atoms. The molecule has 1 aromatic carbocycles. The quantitative estimate of drug-likeness (QED) is 0.764. The highest BCUT2D eigenvalue weighted by molar-refractivity contribution is 6.06. The molecule has 0 unspecified atom stereocenters. The molecule has 1 N–H and O–H groups in total. The number of carbonyl (C=O) groups is 1. The molecular weight excluding hydrogens is 224 g/mol. The van der Waals surface area contributed by atoms with Crippen LogP contribution in [0.1, 0.15) is 23.7 Å². The summed E-state index contributed by atoms with van der Waals surface area (Å²) >= 11 is 0. The summed E-state index contributed by atoms with van der Waals surface area (Å²) in [5.74, 6) is 0.121. The van der Waals surface area contributed by atoms with Gasteiger partial charge in [-0.2, -0.15) is 0 Å². The summed E-state index contributed by atoms with van der Waals surface area (Å²) in [7, 11) is 0. The van der Waals surface area contributed by atoms with Crippen molar-refractivity contribution in [1.82, 2.24) is 9.88 Å². The molecule has 0 atom stereocenters. The average Bonchev–Trinajstić information content (AvgIpc) is 2.82. The molecule has 3 rings (SSSR count). The third-order valence-corrected chi connectivity index (χ3v) is 3.54. The van der Waals surface area contributed by atoms with Gasteiger partial charge in [0.25, 0.3) is 5.91 Å². The molecule has 0 saturated heterocycles. The number of hydrogen-bond donors (Lipinski definition) is 1. The van der Waals surface area contributed by atoms with E-state index in [-0.39, 0.29) is 5.91 Å². The molecule has 2 heterocycles. The lowest BCUT2D eigenvalue weighted by Gasteiger charge is -2.25. The lowest BCUT2D eigenvalue weighted by molar-refractivity contribution is 0.0771. The zero-order chi connectivity index (χ0) is 12.5. The number of carbonyl (C=O) groups excluding carboxylic acids is 1. The van der Waals surface area contributed by atoms with Crippen LogP contribution in [0.2, 0.25) is 0 Å². The van der Waals surface area contributed by atoms with Gasteiger partial charge in [-0.15, -0.1) is 0 Å². The third-order valence-electron chi connectivity index (χ3n) is 3.54. The second kappa shape index (κ2) is 4.33. The van der Waals surface area contributed by atoms with Crippen molar-refractivity contribution in [1.29, 1.82) is 0 Å². The monoisotopic (exact) mass is 240 g/mol. The van der Waals surface area contributed by atoms with Crippen LogP contribution in [0.3, 0.4) is 0 Å². The fraction of sp³-hybridized carbons (Fsp3) is 0.267. The summed E-state index contributed by atoms with van der Waals surface area (Å²) in [5.41, 5.74) is 3.17. The van der Waals surface area contributed by atoms with Crippen molar-refractivity contribution in [3.05, 3.63) is 47.7 Å². The molecule has 1 aliphatic heterocycles. The summed E-state index contributed by atoms with van der Waals surface area (Å²) in [6.45, 7) is 3.67. The van der Waals surface area contributed by atoms with E-state index in [0.717, 1.165) is 36.0 Å². The van der Waals surface area contributed by atoms with Crippen molar-refractivity contribution in [2.45, 2.75) is 13.3 Å². The highest BCUT2D eigenvalue weighted by atomic mass is 16.2. The molecule has 2 aromatic rings. The summed E-state index contributed by atoms with van der Waals surface area (Å²) in [5, 5.41) is 1.01. The maximum absolute atomic E-state index is 12.5. The number of rotatable bonds is 1. The smallest absolute Gasteiger partial charge is 0.256 e. The van der Waals surface area contributed by atoms with E-state index < -0.39 is 0 Å². The van der Waals surface area contributed by atoms with Gasteiger partial charge in [0.05, 0.1) is 5.56 Å². The molecule has 0 fully saturated rings. The zero-order valence-corrected chi connectivity index (χ0v) is 10.4. The molecule has 0 bridgehead atoms. The first-order valence-electron chi connectivity index (χ1n) is 6.27. The first kappa shape index (κ1) is 11.1. The van der Waals surface area contributed by atoms with E-state index in [1.807, 2.05) is 35.4 Å². The van der Waals surface area contributed by atoms with Gasteiger partial charge in [-0.3, -0.25) is 4.79 Å². The van der Waals surface area contributed by atoms with Crippen molar-refractivity contribution in [2.24, 2.45) is 0 Å². The summed E-state index contributed by atoms with van der Waals surface area (Å²) < 4.78 is 0. The minimum atomic E-state index is 0.121. The van der Waals surface area contributed by atoms with Gasteiger partial charge in [-0.05, 0) is 19.4 Å². The van der Waals surface area contributed by atoms with Crippen LogP contribution in [-0.2, 0) is 0 Å². The van der Waals surface area contributed by atoms with E-state index >= 15 is 0 Å². The van der Waals surface area contributed by atoms with Crippen molar-refractivity contribution in [2.75, 3.05) is 13.1 Å². The number of aromatic amines is 1. The van der Waals surface area contributed by atoms with Crippen LogP contribution in [0, 0.1) is 0 Å². The van der Waals surface area contributed by atoms with E-state index in [9.17, 15) is 4.79 Å². The minimum Gasteiger partial charge on any atom is -0.360 e. The fourth-order valence-electron chi connectivity index (χ4n) is 2.37. The highest BCUT2D eigenvalue weighted by Crippen LogP contribution is 2.21. The Bertz CT molecular complexity index is 624. The molecule has 3 nitrogen and oxygen atoms in total. The van der Waals surface area contributed by atoms with E-state index in [1.54, 1.807) is 0 Å². The third kappa shape index (κ3) is 1.82. The van der Waals surface area contributed by atoms with Gasteiger partial charge in [0.1, 0.15) is 0 Å². The Hall–Kier alpha value is -2.03. The second-order valence-electron chi connectivity index (χ2n) is 4.80. The Labute approximate surface area is 106 Å². The van der Waals surface area contributed by atoms with Crippen molar-refractivity contribution in [3.63, 3.8) is 0 Å². The SMILES string of the molecule is CC1=CCN(C(=O)c2c[nH]c3ccccc23)CC1. The summed E-state index contributed by atoms with van der Waals surface area (Å²) in [4.78, 5) is 17.5. The molecule has 0 saturated carbocycles. The van der Waals surface area contributed by atoms with E-state index in [0.29, 0.717) is 0 Å². The number of hydrogen-bond acceptors (Lipinski definition) is 1. The van der Waals surface area contributed by atoms with Gasteiger partial charge in [-0.25, -0.2) is 0 Å². The lowest BCUT2D eigenvalue weighted by Crippen LogP contribution is -2.34. The van der Waals surface area contributed by atoms with Gasteiger partial charge in [-0.1, -0.05) is 29.8 Å². The molecule has 1 amide bonds. The largest absolute Gasteiger partial charge is 0.360 e. The van der Waals surface area contributed by atoms with Gasteiger partial charge >= 0.3 is 0 Å². The predicted octanol–water partition coefficient (Wildman–Crippen LogP) is 2.96. The fourth-order valence-corrected chi connectivity index (χ4v) is 2.37. The van der Waals surface area contributed by atoms with Crippen LogP contribution < -0.4 is 0 Å². The van der Waals surface area contributed by atoms with Gasteiger partial charge in [0.2, 0.25) is 0 Å². The van der Waals surface area contributed by atoms with E-state index in [4.69, 9.17) is 0 Å². The zero-order valence-electron chi connectivity index (χ0n) is 10.4. The Morgan fingerprint density at radius 1 is 1.33 bits per heavy atom. The van der Waals surface area contributed by atoms with Crippen LogP contribution in [0.15, 0.2) is 42.1 Å². The molecule has 1 aliphatic rings. The van der Waals surface area contributed by atoms with Gasteiger partial charge in [0, 0.05) is 30.2 Å². The molecule has 0 aliphatic carbocycles. The number of fused-ring (bicyclic) bond motifs is 1. The van der Waals surface area contributed by atoms with Gasteiger partial charge < -0.3 is 9.88 Å². The highest BCUT2D eigenvalue weighted by Gasteiger charge is 2.20. The van der Waals surface area contributed by atoms with Crippen molar-refractivity contribution in [3.8, 4) is 0 Å². The van der Waals surface area contributed by atoms with Crippen molar-refractivity contribution >= 4 is 16.8 Å². The predicted molar refractivity (Wildman–Crippen MR) is 72.6 cm³/mol. The number of nitrogens with one attached hydrogen (secondary N) is 1. The topological polar surface area (TPSA) is 36.1 Å². The standard InChI is InChI=1S/C15H16N2O/c1-11-6-8-17(9-7-11)15(18)13-10-16-14-5-3-2-4-12(13)14/h2-6,10,16H,7-9H2,1H3. The maximum Gasteiger partial charge on any atom is 0.256 e. The average molecular weight is 240 g/mol. The Morgan fingerprint density at radius 3 is 2.94 bits per heavy atom. The maximum atomic E-state index is 12.5. The molecular formula is C15H16N2O. The van der Waals surface area contributed by atoms with E-state index in [1.165, 1.54) is 5.57 Å². The molecule has 0 spiro atoms. The first-order chi connectivity index (χ1) is 8.75. The van der Waals surface area contributed by atoms with Crippen LogP contribution in [-0.4, -0.2) is 28.9 Å². The van der Waals surface area contributed by atoms with E-state index in [2.05, 4.69) is 18.0 Å². The molecule has 92 valence electrons. The van der Waals surface area contributed by atoms with Gasteiger partial charge in [0.15, 0.2) is 0 Å². The number of amides is 1. The number of benzene rings is 1. The summed E-state index contributed by atoms with van der Waals surface area (Å²) in [6.07, 6.45) is 4.93. The second-order valence-corrected chi connectivity index (χ2v) is 4.80. The Morgan fingerprint density at radius 2 is 2.17 bits per heavy atom. The molecule has 3 heteroatoms. The van der Waals surface area contributed by atoms with Crippen LogP contribution in [0.5, 0.6) is 0 Å². The molecule has 1 aromatic heterocycles. The molecule has 0 radical (unpaired) electrons. The van der Waals surface area contributed by atoms with Crippen molar-refractivity contribution < 1.29 is 4.79 Å². The van der Waals surface area contributed by atoms with Crippen LogP contribution in [0.4, 0.5) is 0 Å². The Balaban J connectivity index is 1.93. The number of H-pyrrole nitrogens is 1.